The van der Waals surface area contributed by atoms with Crippen molar-refractivity contribution in [1.29, 1.82) is 5.26 Å². The van der Waals surface area contributed by atoms with Gasteiger partial charge in [-0.3, -0.25) is 19.0 Å². The highest BCUT2D eigenvalue weighted by molar-refractivity contribution is 5.22. The lowest BCUT2D eigenvalue weighted by molar-refractivity contribution is 0.715. The Morgan fingerprint density at radius 3 is 2.82 bits per heavy atom. The van der Waals surface area contributed by atoms with Crippen LogP contribution < -0.4 is 11.2 Å². The molecule has 2 rings (SSSR count). The van der Waals surface area contributed by atoms with Crippen LogP contribution >= 0.6 is 0 Å². The fourth-order valence-electron chi connectivity index (χ4n) is 1.46. The van der Waals surface area contributed by atoms with E-state index >= 15 is 0 Å². The largest absolute Gasteiger partial charge is 0.328 e. The number of nitrogens with zero attached hydrogens (tertiary/aromatic N) is 4. The lowest BCUT2D eigenvalue weighted by Gasteiger charge is -2.02. The SMILES string of the molecule is Cn1cc(Cn2cc(C#N)c(=O)[nH]c2=O)cn1. The summed E-state index contributed by atoms with van der Waals surface area (Å²) in [7, 11) is 1.76. The van der Waals surface area contributed by atoms with Gasteiger partial charge in [0.1, 0.15) is 11.6 Å². The maximum Gasteiger partial charge on any atom is 0.328 e. The molecule has 2 heterocycles. The molecule has 0 unspecified atom stereocenters. The Morgan fingerprint density at radius 2 is 2.24 bits per heavy atom. The number of aryl methyl sites for hydroxylation is 1. The van der Waals surface area contributed by atoms with Gasteiger partial charge in [0.05, 0.1) is 12.7 Å². The van der Waals surface area contributed by atoms with Crippen LogP contribution in [0.5, 0.6) is 0 Å². The average molecular weight is 231 g/mol. The summed E-state index contributed by atoms with van der Waals surface area (Å²) in [6.45, 7) is 0.262. The van der Waals surface area contributed by atoms with Crippen molar-refractivity contribution in [2.24, 2.45) is 7.05 Å². The molecule has 0 bridgehead atoms. The zero-order valence-electron chi connectivity index (χ0n) is 9.04. The van der Waals surface area contributed by atoms with Crippen LogP contribution in [0.25, 0.3) is 0 Å². The summed E-state index contributed by atoms with van der Waals surface area (Å²) in [5.41, 5.74) is -0.489. The third-order valence-electron chi connectivity index (χ3n) is 2.24. The van der Waals surface area contributed by atoms with E-state index in [1.807, 2.05) is 0 Å². The van der Waals surface area contributed by atoms with Gasteiger partial charge >= 0.3 is 5.69 Å². The third kappa shape index (κ3) is 2.15. The Labute approximate surface area is 95.6 Å². The minimum atomic E-state index is -0.667. The Hall–Kier alpha value is -2.62. The summed E-state index contributed by atoms with van der Waals surface area (Å²) in [5.74, 6) is 0. The van der Waals surface area contributed by atoms with E-state index in [9.17, 15) is 9.59 Å². The van der Waals surface area contributed by atoms with Gasteiger partial charge in [-0.15, -0.1) is 0 Å². The quantitative estimate of drug-likeness (QED) is 0.731. The zero-order valence-corrected chi connectivity index (χ0v) is 9.04. The first-order chi connectivity index (χ1) is 8.10. The van der Waals surface area contributed by atoms with Crippen LogP contribution in [0.4, 0.5) is 0 Å². The van der Waals surface area contributed by atoms with Gasteiger partial charge in [0.25, 0.3) is 5.56 Å². The molecule has 0 spiro atoms. The molecule has 0 aliphatic rings. The maximum atomic E-state index is 11.5. The first kappa shape index (κ1) is 10.9. The predicted octanol–water partition coefficient (Wildman–Crippen LogP) is -0.810. The smallest absolute Gasteiger partial charge is 0.295 e. The van der Waals surface area contributed by atoms with Crippen LogP contribution in [-0.4, -0.2) is 19.3 Å². The molecule has 1 N–H and O–H groups in total. The van der Waals surface area contributed by atoms with Crippen LogP contribution in [0.2, 0.25) is 0 Å². The van der Waals surface area contributed by atoms with E-state index < -0.39 is 11.2 Å². The maximum absolute atomic E-state index is 11.5. The Kier molecular flexibility index (Phi) is 2.62. The summed E-state index contributed by atoms with van der Waals surface area (Å²) in [6, 6.07) is 1.73. The summed E-state index contributed by atoms with van der Waals surface area (Å²) < 4.78 is 2.87. The molecule has 2 aromatic rings. The van der Waals surface area contributed by atoms with E-state index in [-0.39, 0.29) is 12.1 Å². The van der Waals surface area contributed by atoms with Gasteiger partial charge < -0.3 is 0 Å². The van der Waals surface area contributed by atoms with Crippen LogP contribution in [0, 0.1) is 11.3 Å². The lowest BCUT2D eigenvalue weighted by Crippen LogP contribution is -2.31. The number of H-pyrrole nitrogens is 1. The van der Waals surface area contributed by atoms with Crippen molar-refractivity contribution in [1.82, 2.24) is 19.3 Å². The van der Waals surface area contributed by atoms with E-state index in [0.29, 0.717) is 0 Å². The minimum Gasteiger partial charge on any atom is -0.295 e. The molecule has 2 aromatic heterocycles. The summed E-state index contributed by atoms with van der Waals surface area (Å²) >= 11 is 0. The molecule has 0 aliphatic heterocycles. The predicted molar refractivity (Wildman–Crippen MR) is 58.3 cm³/mol. The molecule has 7 heteroatoms. The standard InChI is InChI=1S/C10H9N5O2/c1-14-4-7(3-12-14)5-15-6-8(2-11)9(16)13-10(15)17/h3-4,6H,5H2,1H3,(H,13,16,17). The number of nitrogens with one attached hydrogen (secondary N) is 1. The molecule has 0 aliphatic carbocycles. The normalized spacial score (nSPS) is 10.1. The number of aromatic amines is 1. The molecule has 86 valence electrons. The van der Waals surface area contributed by atoms with Crippen molar-refractivity contribution in [2.75, 3.05) is 0 Å². The molecule has 7 nitrogen and oxygen atoms in total. The van der Waals surface area contributed by atoms with Crippen molar-refractivity contribution in [3.8, 4) is 6.07 Å². The van der Waals surface area contributed by atoms with Gasteiger partial charge in [-0.2, -0.15) is 10.4 Å². The van der Waals surface area contributed by atoms with E-state index in [0.717, 1.165) is 5.56 Å². The molecule has 0 atom stereocenters. The molecule has 0 fully saturated rings. The van der Waals surface area contributed by atoms with Gasteiger partial charge in [0, 0.05) is 25.0 Å². The second-order valence-electron chi connectivity index (χ2n) is 3.56. The monoisotopic (exact) mass is 231 g/mol. The van der Waals surface area contributed by atoms with Crippen LogP contribution in [0.15, 0.2) is 28.2 Å². The summed E-state index contributed by atoms with van der Waals surface area (Å²) in [5, 5.41) is 12.7. The van der Waals surface area contributed by atoms with Gasteiger partial charge in [-0.1, -0.05) is 0 Å². The zero-order chi connectivity index (χ0) is 12.4. The van der Waals surface area contributed by atoms with Gasteiger partial charge in [-0.25, -0.2) is 4.79 Å². The topological polar surface area (TPSA) is 96.5 Å². The fraction of sp³-hybridized carbons (Fsp3) is 0.200. The number of rotatable bonds is 2. The van der Waals surface area contributed by atoms with Gasteiger partial charge in [-0.05, 0) is 0 Å². The molecule has 0 saturated carbocycles. The minimum absolute atomic E-state index is 0.0894. The summed E-state index contributed by atoms with van der Waals surface area (Å²) in [4.78, 5) is 24.7. The molecule has 0 saturated heterocycles. The average Bonchev–Trinajstić information content (AvgIpc) is 2.68. The van der Waals surface area contributed by atoms with E-state index in [4.69, 9.17) is 5.26 Å². The molecular formula is C10H9N5O2. The molecule has 0 aromatic carbocycles. The Morgan fingerprint density at radius 1 is 1.47 bits per heavy atom. The van der Waals surface area contributed by atoms with Gasteiger partial charge in [0.2, 0.25) is 0 Å². The van der Waals surface area contributed by atoms with Crippen LogP contribution in [0.1, 0.15) is 11.1 Å². The van der Waals surface area contributed by atoms with Crippen LogP contribution in [0.3, 0.4) is 0 Å². The number of aromatic nitrogens is 4. The molecule has 0 amide bonds. The molecular weight excluding hydrogens is 222 g/mol. The molecule has 17 heavy (non-hydrogen) atoms. The highest BCUT2D eigenvalue weighted by Gasteiger charge is 2.05. The number of hydrogen-bond acceptors (Lipinski definition) is 4. The first-order valence-electron chi connectivity index (χ1n) is 4.81. The summed E-state index contributed by atoms with van der Waals surface area (Å²) in [6.07, 6.45) is 4.61. The first-order valence-corrected chi connectivity index (χ1v) is 4.81. The van der Waals surface area contributed by atoms with E-state index in [2.05, 4.69) is 10.1 Å². The Balaban J connectivity index is 2.43. The van der Waals surface area contributed by atoms with Crippen molar-refractivity contribution in [2.45, 2.75) is 6.54 Å². The fourth-order valence-corrected chi connectivity index (χ4v) is 1.46. The second-order valence-corrected chi connectivity index (χ2v) is 3.56. The van der Waals surface area contributed by atoms with Crippen LogP contribution in [-0.2, 0) is 13.6 Å². The third-order valence-corrected chi connectivity index (χ3v) is 2.24. The van der Waals surface area contributed by atoms with E-state index in [1.165, 1.54) is 10.8 Å². The van der Waals surface area contributed by atoms with Crippen molar-refractivity contribution in [3.05, 3.63) is 50.6 Å². The van der Waals surface area contributed by atoms with E-state index in [1.54, 1.807) is 30.2 Å². The van der Waals surface area contributed by atoms with Gasteiger partial charge in [0.15, 0.2) is 0 Å². The molecule has 0 radical (unpaired) electrons. The van der Waals surface area contributed by atoms with Crippen molar-refractivity contribution < 1.29 is 0 Å². The highest BCUT2D eigenvalue weighted by Crippen LogP contribution is 1.98. The van der Waals surface area contributed by atoms with Crippen molar-refractivity contribution in [3.63, 3.8) is 0 Å². The second kappa shape index (κ2) is 4.09. The Bertz CT molecular complexity index is 700. The highest BCUT2D eigenvalue weighted by atomic mass is 16.2. The number of hydrogen-bond donors (Lipinski definition) is 1. The van der Waals surface area contributed by atoms with Crippen molar-refractivity contribution >= 4 is 0 Å². The lowest BCUT2D eigenvalue weighted by atomic mass is 10.3. The number of nitriles is 1.